The van der Waals surface area contributed by atoms with Crippen molar-refractivity contribution in [2.24, 2.45) is 11.8 Å². The minimum Gasteiger partial charge on any atom is -0.384 e. The summed E-state index contributed by atoms with van der Waals surface area (Å²) in [6.45, 7) is 12.3. The number of benzene rings is 1. The normalized spacial score (nSPS) is 33.8. The maximum Gasteiger partial charge on any atom is 0.124 e. The Morgan fingerprint density at radius 3 is 2.26 bits per heavy atom. The fourth-order valence-corrected chi connectivity index (χ4v) is 4.66. The molecule has 1 aromatic rings. The van der Waals surface area contributed by atoms with Gasteiger partial charge >= 0.3 is 0 Å². The highest BCUT2D eigenvalue weighted by molar-refractivity contribution is 5.66. The monoisotopic (exact) mass is 314 g/mol. The minimum absolute atomic E-state index is 0.0650. The van der Waals surface area contributed by atoms with Crippen LogP contribution >= 0.6 is 0 Å². The van der Waals surface area contributed by atoms with Gasteiger partial charge in [0.1, 0.15) is 6.29 Å². The summed E-state index contributed by atoms with van der Waals surface area (Å²) in [5.41, 5.74) is 4.64. The van der Waals surface area contributed by atoms with Crippen LogP contribution in [0.4, 0.5) is 0 Å². The van der Waals surface area contributed by atoms with Gasteiger partial charge in [-0.15, -0.1) is 0 Å². The predicted octanol–water partition coefficient (Wildman–Crippen LogP) is 4.38. The van der Waals surface area contributed by atoms with Crippen molar-refractivity contribution in [1.82, 2.24) is 0 Å². The molecule has 0 amide bonds. The van der Waals surface area contributed by atoms with Crippen LogP contribution in [0.2, 0.25) is 0 Å². The molecule has 2 unspecified atom stereocenters. The molecule has 2 aliphatic rings. The number of carbonyl (C=O) groups excluding carboxylic acids is 1. The number of hydrogen-bond acceptors (Lipinski definition) is 2. The first-order valence-electron chi connectivity index (χ1n) is 8.78. The highest BCUT2D eigenvalue weighted by atomic mass is 16.5. The van der Waals surface area contributed by atoms with Gasteiger partial charge in [0.15, 0.2) is 0 Å². The van der Waals surface area contributed by atoms with E-state index in [-0.39, 0.29) is 22.2 Å². The van der Waals surface area contributed by atoms with Crippen LogP contribution in [-0.2, 0) is 25.8 Å². The lowest BCUT2D eigenvalue weighted by Gasteiger charge is -2.42. The molecule has 23 heavy (non-hydrogen) atoms. The molecule has 0 aromatic heterocycles. The fraction of sp³-hybridized carbons (Fsp3) is 0.667. The van der Waals surface area contributed by atoms with E-state index in [4.69, 9.17) is 4.74 Å². The van der Waals surface area contributed by atoms with Crippen molar-refractivity contribution in [3.8, 4) is 0 Å². The summed E-state index contributed by atoms with van der Waals surface area (Å²) in [4.78, 5) is 11.5. The van der Waals surface area contributed by atoms with Crippen molar-refractivity contribution in [3.63, 3.8) is 0 Å². The molecule has 1 aromatic carbocycles. The Bertz CT molecular complexity index is 629. The van der Waals surface area contributed by atoms with Crippen molar-refractivity contribution < 1.29 is 9.53 Å². The molecule has 3 atom stereocenters. The molecule has 126 valence electrons. The van der Waals surface area contributed by atoms with E-state index in [1.165, 1.54) is 29.5 Å². The molecule has 3 rings (SSSR count). The fourth-order valence-electron chi connectivity index (χ4n) is 4.66. The smallest absolute Gasteiger partial charge is 0.124 e. The lowest BCUT2D eigenvalue weighted by Crippen LogP contribution is -2.34. The Kier molecular flexibility index (Phi) is 3.76. The lowest BCUT2D eigenvalue weighted by atomic mass is 9.62. The quantitative estimate of drug-likeness (QED) is 0.771. The van der Waals surface area contributed by atoms with Gasteiger partial charge in [0.2, 0.25) is 0 Å². The van der Waals surface area contributed by atoms with Gasteiger partial charge in [0, 0.05) is 24.4 Å². The second-order valence-electron chi connectivity index (χ2n) is 9.03. The number of methoxy groups -OCH3 is 1. The van der Waals surface area contributed by atoms with E-state index in [1.54, 1.807) is 7.11 Å². The van der Waals surface area contributed by atoms with Crippen molar-refractivity contribution in [1.29, 1.82) is 0 Å². The Morgan fingerprint density at radius 2 is 1.70 bits per heavy atom. The second kappa shape index (κ2) is 5.17. The first-order valence-corrected chi connectivity index (χ1v) is 8.78. The largest absolute Gasteiger partial charge is 0.384 e. The van der Waals surface area contributed by atoms with Crippen molar-refractivity contribution >= 4 is 6.29 Å². The summed E-state index contributed by atoms with van der Waals surface area (Å²) in [7, 11) is 1.72. The van der Waals surface area contributed by atoms with Gasteiger partial charge in [0.25, 0.3) is 0 Å². The highest BCUT2D eigenvalue weighted by Gasteiger charge is 2.62. The van der Waals surface area contributed by atoms with Gasteiger partial charge in [-0.25, -0.2) is 0 Å². The number of hydrogen-bond donors (Lipinski definition) is 0. The summed E-state index contributed by atoms with van der Waals surface area (Å²) in [6, 6.07) is 6.97. The summed E-state index contributed by atoms with van der Waals surface area (Å²) >= 11 is 0. The standard InChI is InChI=1S/C21H30O2/c1-19(2)9-10-20(3,4)16-11-14(7-8-15(16)19)21(5)17(12-22)18(21)13-23-6/h7-8,11-12,17-18H,9-10,13H2,1-6H3/t17?,18-,21?/m1/s1. The van der Waals surface area contributed by atoms with Gasteiger partial charge < -0.3 is 9.53 Å². The maximum atomic E-state index is 11.5. The van der Waals surface area contributed by atoms with Gasteiger partial charge in [0.05, 0.1) is 6.61 Å². The summed E-state index contributed by atoms with van der Waals surface area (Å²) in [6.07, 6.45) is 3.57. The molecule has 2 aliphatic carbocycles. The zero-order chi connectivity index (χ0) is 17.0. The third kappa shape index (κ3) is 2.38. The van der Waals surface area contributed by atoms with Crippen molar-refractivity contribution in [2.45, 2.75) is 63.7 Å². The Balaban J connectivity index is 2.06. The molecule has 0 aliphatic heterocycles. The molecule has 1 saturated carbocycles. The van der Waals surface area contributed by atoms with Gasteiger partial charge in [-0.3, -0.25) is 0 Å². The Hall–Kier alpha value is -1.15. The van der Waals surface area contributed by atoms with Crippen LogP contribution in [-0.4, -0.2) is 20.0 Å². The van der Waals surface area contributed by atoms with Gasteiger partial charge in [-0.05, 0) is 40.4 Å². The number of fused-ring (bicyclic) bond motifs is 1. The molecule has 2 nitrogen and oxygen atoms in total. The first kappa shape index (κ1) is 16.7. The molecule has 1 fully saturated rings. The number of ether oxygens (including phenoxy) is 1. The Morgan fingerprint density at radius 1 is 1.09 bits per heavy atom. The first-order chi connectivity index (χ1) is 10.7. The van der Waals surface area contributed by atoms with Crippen LogP contribution in [0, 0.1) is 11.8 Å². The van der Waals surface area contributed by atoms with Gasteiger partial charge in [-0.2, -0.15) is 0 Å². The molecular formula is C21H30O2. The topological polar surface area (TPSA) is 26.3 Å². The van der Waals surface area contributed by atoms with Gasteiger partial charge in [-0.1, -0.05) is 52.8 Å². The zero-order valence-electron chi connectivity index (χ0n) is 15.4. The molecule has 0 N–H and O–H groups in total. The summed E-state index contributed by atoms with van der Waals surface area (Å²) in [5, 5.41) is 0. The second-order valence-corrected chi connectivity index (χ2v) is 9.03. The van der Waals surface area contributed by atoms with Crippen LogP contribution in [0.1, 0.15) is 64.2 Å². The average Bonchev–Trinajstić information content (AvgIpc) is 3.09. The lowest BCUT2D eigenvalue weighted by molar-refractivity contribution is -0.109. The average molecular weight is 314 g/mol. The van der Waals surface area contributed by atoms with Crippen LogP contribution < -0.4 is 0 Å². The molecule has 0 bridgehead atoms. The van der Waals surface area contributed by atoms with E-state index < -0.39 is 0 Å². The number of rotatable bonds is 4. The molecule has 2 heteroatoms. The van der Waals surface area contributed by atoms with E-state index in [0.29, 0.717) is 12.5 Å². The molecule has 0 radical (unpaired) electrons. The molecule has 0 spiro atoms. The third-order valence-electron chi connectivity index (χ3n) is 6.75. The Labute approximate surface area is 140 Å². The van der Waals surface area contributed by atoms with Crippen LogP contribution in [0.3, 0.4) is 0 Å². The van der Waals surface area contributed by atoms with Crippen LogP contribution in [0.25, 0.3) is 0 Å². The number of carbonyl (C=O) groups is 1. The third-order valence-corrected chi connectivity index (χ3v) is 6.75. The zero-order valence-corrected chi connectivity index (χ0v) is 15.4. The van der Waals surface area contributed by atoms with Crippen LogP contribution in [0.5, 0.6) is 0 Å². The van der Waals surface area contributed by atoms with Crippen molar-refractivity contribution in [2.75, 3.05) is 13.7 Å². The van der Waals surface area contributed by atoms with E-state index in [1.807, 2.05) is 0 Å². The SMILES string of the molecule is COC[C@@H]1C(C=O)C1(C)c1ccc2c(c1)C(C)(C)CCC2(C)C. The predicted molar refractivity (Wildman–Crippen MR) is 94.0 cm³/mol. The van der Waals surface area contributed by atoms with Crippen LogP contribution in [0.15, 0.2) is 18.2 Å². The van der Waals surface area contributed by atoms with E-state index in [0.717, 1.165) is 6.29 Å². The van der Waals surface area contributed by atoms with E-state index in [9.17, 15) is 4.79 Å². The molecular weight excluding hydrogens is 284 g/mol. The maximum absolute atomic E-state index is 11.5. The molecule has 0 heterocycles. The summed E-state index contributed by atoms with van der Waals surface area (Å²) < 4.78 is 5.34. The number of aldehydes is 1. The van der Waals surface area contributed by atoms with E-state index >= 15 is 0 Å². The molecule has 0 saturated heterocycles. The van der Waals surface area contributed by atoms with Crippen molar-refractivity contribution in [3.05, 3.63) is 34.9 Å². The van der Waals surface area contributed by atoms with E-state index in [2.05, 4.69) is 52.8 Å². The minimum atomic E-state index is -0.0650. The highest BCUT2D eigenvalue weighted by Crippen LogP contribution is 2.59. The summed E-state index contributed by atoms with van der Waals surface area (Å²) in [5.74, 6) is 0.392.